The number of amides is 1. The molecule has 0 aliphatic rings. The summed E-state index contributed by atoms with van der Waals surface area (Å²) in [5.41, 5.74) is 3.38. The molecule has 0 atom stereocenters. The summed E-state index contributed by atoms with van der Waals surface area (Å²) in [4.78, 5) is 15.7. The third-order valence-corrected chi connectivity index (χ3v) is 4.02. The van der Waals surface area contributed by atoms with E-state index in [4.69, 9.17) is 4.74 Å². The number of nitrogens with one attached hydrogen (secondary N) is 2. The number of benzene rings is 2. The van der Waals surface area contributed by atoms with Crippen LogP contribution in [0.4, 0.5) is 5.69 Å². The van der Waals surface area contributed by atoms with Crippen molar-refractivity contribution in [3.8, 4) is 11.8 Å². The summed E-state index contributed by atoms with van der Waals surface area (Å²) in [6.07, 6.45) is 1.62. The first kappa shape index (κ1) is 17.3. The molecule has 0 fully saturated rings. The van der Waals surface area contributed by atoms with Crippen LogP contribution in [0, 0.1) is 18.3 Å². The number of carbonyl (C=O) groups is 1. The average molecular weight is 345 g/mol. The standard InChI is InChI=1S/C21H19N3O2/c1-3-26-17-10-8-16(9-11-17)24-21(25)15(13-22)12-19-14(2)23-20-7-5-4-6-18(19)20/h4-12,23H,3H2,1-2H3,(H,24,25)/b15-12-. The summed E-state index contributed by atoms with van der Waals surface area (Å²) in [5, 5.41) is 13.2. The quantitative estimate of drug-likeness (QED) is 0.531. The molecule has 1 aromatic heterocycles. The van der Waals surface area contributed by atoms with Crippen molar-refractivity contribution in [2.24, 2.45) is 0 Å². The molecule has 0 aliphatic carbocycles. The lowest BCUT2D eigenvalue weighted by Gasteiger charge is -2.06. The van der Waals surface area contributed by atoms with Gasteiger partial charge in [0.25, 0.3) is 5.91 Å². The van der Waals surface area contributed by atoms with E-state index >= 15 is 0 Å². The number of nitriles is 1. The molecule has 3 aromatic rings. The highest BCUT2D eigenvalue weighted by atomic mass is 16.5. The van der Waals surface area contributed by atoms with Gasteiger partial charge in [-0.25, -0.2) is 0 Å². The second-order valence-corrected chi connectivity index (χ2v) is 5.79. The van der Waals surface area contributed by atoms with Crippen molar-refractivity contribution in [2.45, 2.75) is 13.8 Å². The van der Waals surface area contributed by atoms with Gasteiger partial charge in [-0.2, -0.15) is 5.26 Å². The number of para-hydroxylation sites is 1. The van der Waals surface area contributed by atoms with Crippen molar-refractivity contribution in [2.75, 3.05) is 11.9 Å². The Morgan fingerprint density at radius 1 is 1.23 bits per heavy atom. The highest BCUT2D eigenvalue weighted by molar-refractivity contribution is 6.11. The van der Waals surface area contributed by atoms with Gasteiger partial charge in [0, 0.05) is 27.8 Å². The topological polar surface area (TPSA) is 77.9 Å². The Kier molecular flexibility index (Phi) is 5.04. The van der Waals surface area contributed by atoms with E-state index in [2.05, 4.69) is 10.3 Å². The van der Waals surface area contributed by atoms with E-state index in [9.17, 15) is 10.1 Å². The molecule has 2 aromatic carbocycles. The molecule has 26 heavy (non-hydrogen) atoms. The number of aryl methyl sites for hydroxylation is 1. The molecule has 0 aliphatic heterocycles. The van der Waals surface area contributed by atoms with E-state index in [1.54, 1.807) is 30.3 Å². The van der Waals surface area contributed by atoms with Crippen LogP contribution < -0.4 is 10.1 Å². The number of aromatic nitrogens is 1. The van der Waals surface area contributed by atoms with Gasteiger partial charge in [-0.15, -0.1) is 0 Å². The first-order chi connectivity index (χ1) is 12.6. The normalized spacial score (nSPS) is 11.2. The molecule has 3 rings (SSSR count). The monoisotopic (exact) mass is 345 g/mol. The van der Waals surface area contributed by atoms with Gasteiger partial charge in [-0.05, 0) is 50.3 Å². The molecule has 0 saturated heterocycles. The minimum atomic E-state index is -0.443. The van der Waals surface area contributed by atoms with E-state index in [1.807, 2.05) is 44.2 Å². The average Bonchev–Trinajstić information content (AvgIpc) is 2.96. The molecule has 1 amide bonds. The molecular formula is C21H19N3O2. The summed E-state index contributed by atoms with van der Waals surface area (Å²) in [7, 11) is 0. The molecule has 0 saturated carbocycles. The van der Waals surface area contributed by atoms with Gasteiger partial charge >= 0.3 is 0 Å². The molecule has 0 spiro atoms. The number of H-pyrrole nitrogens is 1. The zero-order valence-corrected chi connectivity index (χ0v) is 14.7. The maximum Gasteiger partial charge on any atom is 0.266 e. The number of anilines is 1. The van der Waals surface area contributed by atoms with Crippen LogP contribution >= 0.6 is 0 Å². The summed E-state index contributed by atoms with van der Waals surface area (Å²) >= 11 is 0. The Bertz CT molecular complexity index is 1010. The van der Waals surface area contributed by atoms with E-state index in [1.165, 1.54) is 0 Å². The van der Waals surface area contributed by atoms with E-state index in [-0.39, 0.29) is 5.57 Å². The van der Waals surface area contributed by atoms with Gasteiger partial charge in [-0.1, -0.05) is 18.2 Å². The lowest BCUT2D eigenvalue weighted by atomic mass is 10.1. The number of aromatic amines is 1. The predicted molar refractivity (Wildman–Crippen MR) is 103 cm³/mol. The highest BCUT2D eigenvalue weighted by Gasteiger charge is 2.13. The van der Waals surface area contributed by atoms with E-state index < -0.39 is 5.91 Å². The van der Waals surface area contributed by atoms with Crippen molar-refractivity contribution >= 4 is 28.6 Å². The third kappa shape index (κ3) is 3.60. The Morgan fingerprint density at radius 2 is 1.96 bits per heavy atom. The number of carbonyl (C=O) groups excluding carboxylic acids is 1. The molecule has 130 valence electrons. The second-order valence-electron chi connectivity index (χ2n) is 5.79. The fourth-order valence-corrected chi connectivity index (χ4v) is 2.78. The number of nitrogens with zero attached hydrogens (tertiary/aromatic N) is 1. The number of hydrogen-bond acceptors (Lipinski definition) is 3. The Morgan fingerprint density at radius 3 is 2.65 bits per heavy atom. The lowest BCUT2D eigenvalue weighted by molar-refractivity contribution is -0.112. The Balaban J connectivity index is 1.85. The van der Waals surface area contributed by atoms with Crippen LogP contribution in [0.25, 0.3) is 17.0 Å². The van der Waals surface area contributed by atoms with Crippen molar-refractivity contribution in [1.29, 1.82) is 5.26 Å². The molecule has 1 heterocycles. The van der Waals surface area contributed by atoms with Gasteiger partial charge in [0.15, 0.2) is 0 Å². The zero-order valence-electron chi connectivity index (χ0n) is 14.7. The van der Waals surface area contributed by atoms with Gasteiger partial charge in [0.05, 0.1) is 6.61 Å². The van der Waals surface area contributed by atoms with E-state index in [0.29, 0.717) is 12.3 Å². The van der Waals surface area contributed by atoms with Crippen molar-refractivity contribution in [1.82, 2.24) is 4.98 Å². The first-order valence-corrected chi connectivity index (χ1v) is 8.35. The van der Waals surface area contributed by atoms with Crippen molar-refractivity contribution in [3.05, 3.63) is 65.4 Å². The maximum absolute atomic E-state index is 12.5. The largest absolute Gasteiger partial charge is 0.494 e. The van der Waals surface area contributed by atoms with Gasteiger partial charge < -0.3 is 15.0 Å². The minimum absolute atomic E-state index is 0.0479. The maximum atomic E-state index is 12.5. The fraction of sp³-hybridized carbons (Fsp3) is 0.143. The number of ether oxygens (including phenoxy) is 1. The Hall–Kier alpha value is -3.52. The first-order valence-electron chi connectivity index (χ1n) is 8.35. The summed E-state index contributed by atoms with van der Waals surface area (Å²) < 4.78 is 5.38. The van der Waals surface area contributed by atoms with Crippen LogP contribution in [0.3, 0.4) is 0 Å². The summed E-state index contributed by atoms with van der Waals surface area (Å²) in [6, 6.07) is 16.8. The molecule has 0 unspecified atom stereocenters. The molecule has 5 nitrogen and oxygen atoms in total. The molecule has 0 radical (unpaired) electrons. The predicted octanol–water partition coefficient (Wildman–Crippen LogP) is 4.42. The van der Waals surface area contributed by atoms with Crippen molar-refractivity contribution < 1.29 is 9.53 Å². The number of rotatable bonds is 5. The van der Waals surface area contributed by atoms with Crippen LogP contribution in [0.15, 0.2) is 54.1 Å². The van der Waals surface area contributed by atoms with Crippen LogP contribution in [-0.2, 0) is 4.79 Å². The minimum Gasteiger partial charge on any atom is -0.494 e. The SMILES string of the molecule is CCOc1ccc(NC(=O)/C(C#N)=C\c2c(C)[nH]c3ccccc23)cc1. The van der Waals surface area contributed by atoms with Gasteiger partial charge in [0.1, 0.15) is 17.4 Å². The van der Waals surface area contributed by atoms with Crippen LogP contribution in [0.1, 0.15) is 18.2 Å². The number of fused-ring (bicyclic) bond motifs is 1. The molecule has 2 N–H and O–H groups in total. The molecular weight excluding hydrogens is 326 g/mol. The highest BCUT2D eigenvalue weighted by Crippen LogP contribution is 2.24. The van der Waals surface area contributed by atoms with E-state index in [0.717, 1.165) is 27.9 Å². The van der Waals surface area contributed by atoms with Crippen LogP contribution in [-0.4, -0.2) is 17.5 Å². The Labute approximate surface area is 151 Å². The summed E-state index contributed by atoms with van der Waals surface area (Å²) in [5.74, 6) is 0.289. The zero-order chi connectivity index (χ0) is 18.5. The number of hydrogen-bond donors (Lipinski definition) is 2. The third-order valence-electron chi connectivity index (χ3n) is 4.02. The lowest BCUT2D eigenvalue weighted by Crippen LogP contribution is -2.13. The molecule has 0 bridgehead atoms. The summed E-state index contributed by atoms with van der Waals surface area (Å²) in [6.45, 7) is 4.41. The van der Waals surface area contributed by atoms with Gasteiger partial charge in [0.2, 0.25) is 0 Å². The van der Waals surface area contributed by atoms with Crippen LogP contribution in [0.5, 0.6) is 5.75 Å². The van der Waals surface area contributed by atoms with Crippen molar-refractivity contribution in [3.63, 3.8) is 0 Å². The smallest absolute Gasteiger partial charge is 0.266 e. The molecule has 5 heteroatoms. The van der Waals surface area contributed by atoms with Crippen LogP contribution in [0.2, 0.25) is 0 Å². The second kappa shape index (κ2) is 7.58. The fourth-order valence-electron chi connectivity index (χ4n) is 2.78. The van der Waals surface area contributed by atoms with Gasteiger partial charge in [-0.3, -0.25) is 4.79 Å².